The Kier molecular flexibility index (Phi) is 7.36. The van der Waals surface area contributed by atoms with Gasteiger partial charge in [-0.15, -0.1) is 0 Å². The summed E-state index contributed by atoms with van der Waals surface area (Å²) in [6.45, 7) is 2.73. The van der Waals surface area contributed by atoms with Crippen LogP contribution < -0.4 is 4.74 Å². The lowest BCUT2D eigenvalue weighted by Gasteiger charge is -2.25. The largest absolute Gasteiger partial charge is 0.507 e. The van der Waals surface area contributed by atoms with Gasteiger partial charge in [-0.25, -0.2) is 0 Å². The number of ketones is 1. The van der Waals surface area contributed by atoms with Crippen LogP contribution in [-0.2, 0) is 22.6 Å². The molecular weight excluding hydrogens is 474 g/mol. The average Bonchev–Trinajstić information content (AvgIpc) is 3.21. The Hall–Kier alpha value is -4.64. The van der Waals surface area contributed by atoms with E-state index in [4.69, 9.17) is 4.74 Å². The predicted molar refractivity (Wildman–Crippen MR) is 148 cm³/mol. The van der Waals surface area contributed by atoms with Crippen molar-refractivity contribution >= 4 is 17.4 Å². The molecule has 0 aromatic heterocycles. The van der Waals surface area contributed by atoms with Gasteiger partial charge < -0.3 is 14.7 Å². The van der Waals surface area contributed by atoms with Crippen molar-refractivity contribution in [2.75, 3.05) is 6.54 Å². The second-order valence-electron chi connectivity index (χ2n) is 9.44. The third kappa shape index (κ3) is 5.37. The van der Waals surface area contributed by atoms with E-state index in [0.29, 0.717) is 30.9 Å². The van der Waals surface area contributed by atoms with Crippen LogP contribution in [0.1, 0.15) is 33.9 Å². The number of carbonyl (C=O) groups is 2. The number of aryl methyl sites for hydroxylation is 1. The molecule has 190 valence electrons. The number of rotatable bonds is 8. The first kappa shape index (κ1) is 25.0. The zero-order valence-corrected chi connectivity index (χ0v) is 21.2. The van der Waals surface area contributed by atoms with Crippen molar-refractivity contribution < 1.29 is 19.4 Å². The van der Waals surface area contributed by atoms with Crippen molar-refractivity contribution in [2.45, 2.75) is 26.0 Å². The van der Waals surface area contributed by atoms with Crippen LogP contribution in [-0.4, -0.2) is 28.2 Å². The molecule has 4 aromatic rings. The molecule has 1 fully saturated rings. The number of hydrogen-bond donors (Lipinski definition) is 1. The topological polar surface area (TPSA) is 66.8 Å². The lowest BCUT2D eigenvalue weighted by molar-refractivity contribution is -0.139. The van der Waals surface area contributed by atoms with Crippen molar-refractivity contribution in [3.05, 3.63) is 143 Å². The first-order valence-corrected chi connectivity index (χ1v) is 12.7. The number of likely N-dealkylation sites (tertiary alicyclic amines) is 1. The van der Waals surface area contributed by atoms with Gasteiger partial charge in [0.15, 0.2) is 0 Å². The maximum Gasteiger partial charge on any atom is 0.295 e. The minimum absolute atomic E-state index is 0.102. The van der Waals surface area contributed by atoms with E-state index >= 15 is 0 Å². The number of ether oxygens (including phenoxy) is 1. The fourth-order valence-corrected chi connectivity index (χ4v) is 4.71. The van der Waals surface area contributed by atoms with Gasteiger partial charge in [-0.1, -0.05) is 103 Å². The fourth-order valence-electron chi connectivity index (χ4n) is 4.71. The van der Waals surface area contributed by atoms with Gasteiger partial charge in [0.25, 0.3) is 11.7 Å². The SMILES string of the molecule is Cc1ccc(C(O)=C2C(=O)C(=O)N(CCc3ccccc3)C2c2ccc(OCc3ccccc3)cc2)cc1. The van der Waals surface area contributed by atoms with Crippen molar-refractivity contribution in [2.24, 2.45) is 0 Å². The molecule has 1 saturated heterocycles. The van der Waals surface area contributed by atoms with Gasteiger partial charge in [-0.3, -0.25) is 9.59 Å². The molecule has 0 bridgehead atoms. The summed E-state index contributed by atoms with van der Waals surface area (Å²) in [5.41, 5.74) is 4.50. The Morgan fingerprint density at radius 1 is 0.789 bits per heavy atom. The van der Waals surface area contributed by atoms with Crippen molar-refractivity contribution in [1.29, 1.82) is 0 Å². The molecule has 1 atom stereocenters. The summed E-state index contributed by atoms with van der Waals surface area (Å²) in [5.74, 6) is -0.771. The summed E-state index contributed by atoms with van der Waals surface area (Å²) >= 11 is 0. The highest BCUT2D eigenvalue weighted by atomic mass is 16.5. The molecule has 1 heterocycles. The third-order valence-corrected chi connectivity index (χ3v) is 6.79. The summed E-state index contributed by atoms with van der Waals surface area (Å²) in [6.07, 6.45) is 0.590. The van der Waals surface area contributed by atoms with Gasteiger partial charge in [-0.05, 0) is 42.2 Å². The minimum atomic E-state index is -0.705. The van der Waals surface area contributed by atoms with Gasteiger partial charge in [0.1, 0.15) is 18.1 Å². The molecule has 5 rings (SSSR count). The summed E-state index contributed by atoms with van der Waals surface area (Å²) in [7, 11) is 0. The lowest BCUT2D eigenvalue weighted by Crippen LogP contribution is -2.31. The van der Waals surface area contributed by atoms with Gasteiger partial charge in [0.2, 0.25) is 0 Å². The van der Waals surface area contributed by atoms with E-state index in [1.54, 1.807) is 17.0 Å². The first-order valence-electron chi connectivity index (χ1n) is 12.7. The quantitative estimate of drug-likeness (QED) is 0.176. The maximum absolute atomic E-state index is 13.3. The van der Waals surface area contributed by atoms with Crippen molar-refractivity contribution in [3.63, 3.8) is 0 Å². The Morgan fingerprint density at radius 2 is 1.39 bits per heavy atom. The predicted octanol–water partition coefficient (Wildman–Crippen LogP) is 6.24. The summed E-state index contributed by atoms with van der Waals surface area (Å²) in [5, 5.41) is 11.3. The van der Waals surface area contributed by atoms with Crippen LogP contribution in [0.25, 0.3) is 5.76 Å². The number of benzene rings is 4. The second kappa shape index (κ2) is 11.2. The number of aliphatic hydroxyl groups excluding tert-OH is 1. The Morgan fingerprint density at radius 3 is 2.03 bits per heavy atom. The Balaban J connectivity index is 1.47. The molecule has 5 heteroatoms. The smallest absolute Gasteiger partial charge is 0.295 e. The second-order valence-corrected chi connectivity index (χ2v) is 9.44. The number of aliphatic hydroxyl groups is 1. The third-order valence-electron chi connectivity index (χ3n) is 6.79. The van der Waals surface area contributed by atoms with Gasteiger partial charge in [-0.2, -0.15) is 0 Å². The van der Waals surface area contributed by atoms with E-state index in [9.17, 15) is 14.7 Å². The van der Waals surface area contributed by atoms with E-state index in [-0.39, 0.29) is 11.3 Å². The molecule has 1 N–H and O–H groups in total. The van der Waals surface area contributed by atoms with Crippen LogP contribution in [0, 0.1) is 6.92 Å². The normalized spacial score (nSPS) is 16.6. The fraction of sp³-hybridized carbons (Fsp3) is 0.152. The van der Waals surface area contributed by atoms with Crippen LogP contribution in [0.5, 0.6) is 5.75 Å². The molecule has 4 aromatic carbocycles. The zero-order chi connectivity index (χ0) is 26.5. The van der Waals surface area contributed by atoms with Crippen LogP contribution in [0.4, 0.5) is 0 Å². The molecule has 0 radical (unpaired) electrons. The van der Waals surface area contributed by atoms with Crippen LogP contribution in [0.3, 0.4) is 0 Å². The average molecular weight is 504 g/mol. The van der Waals surface area contributed by atoms with Gasteiger partial charge >= 0.3 is 0 Å². The highest BCUT2D eigenvalue weighted by molar-refractivity contribution is 6.46. The molecule has 5 nitrogen and oxygen atoms in total. The summed E-state index contributed by atoms with van der Waals surface area (Å²) in [6, 6.07) is 33.7. The molecule has 0 aliphatic carbocycles. The number of Topliss-reactive ketones (excluding diaryl/α,β-unsaturated/α-hetero) is 1. The van der Waals surface area contributed by atoms with Crippen LogP contribution >= 0.6 is 0 Å². The molecule has 1 amide bonds. The standard InChI is InChI=1S/C33H29NO4/c1-23-12-14-27(15-13-23)31(35)29-30(34(33(37)32(29)36)21-20-24-8-4-2-5-9-24)26-16-18-28(19-17-26)38-22-25-10-6-3-7-11-25/h2-19,30,35H,20-22H2,1H3. The molecule has 1 unspecified atom stereocenters. The first-order chi connectivity index (χ1) is 18.5. The zero-order valence-electron chi connectivity index (χ0n) is 21.2. The summed E-state index contributed by atoms with van der Waals surface area (Å²) < 4.78 is 5.93. The molecule has 1 aliphatic heterocycles. The highest BCUT2D eigenvalue weighted by Crippen LogP contribution is 2.40. The Bertz CT molecular complexity index is 1440. The van der Waals surface area contributed by atoms with E-state index < -0.39 is 17.7 Å². The van der Waals surface area contributed by atoms with Gasteiger partial charge in [0, 0.05) is 12.1 Å². The van der Waals surface area contributed by atoms with E-state index in [1.807, 2.05) is 104 Å². The number of carbonyl (C=O) groups excluding carboxylic acids is 2. The lowest BCUT2D eigenvalue weighted by atomic mass is 9.95. The van der Waals surface area contributed by atoms with Crippen LogP contribution in [0.2, 0.25) is 0 Å². The molecule has 0 spiro atoms. The Labute approximate surface area is 222 Å². The number of hydrogen-bond acceptors (Lipinski definition) is 4. The van der Waals surface area contributed by atoms with Crippen LogP contribution in [0.15, 0.2) is 115 Å². The monoisotopic (exact) mass is 503 g/mol. The maximum atomic E-state index is 13.3. The molecule has 0 saturated carbocycles. The van der Waals surface area contributed by atoms with Crippen molar-refractivity contribution in [1.82, 2.24) is 4.90 Å². The van der Waals surface area contributed by atoms with Gasteiger partial charge in [0.05, 0.1) is 11.6 Å². The number of amides is 1. The molecule has 1 aliphatic rings. The number of nitrogens with zero attached hydrogens (tertiary/aromatic N) is 1. The van der Waals surface area contributed by atoms with E-state index in [0.717, 1.165) is 22.3 Å². The minimum Gasteiger partial charge on any atom is -0.507 e. The van der Waals surface area contributed by atoms with E-state index in [1.165, 1.54) is 0 Å². The van der Waals surface area contributed by atoms with E-state index in [2.05, 4.69) is 0 Å². The molecular formula is C33H29NO4. The highest BCUT2D eigenvalue weighted by Gasteiger charge is 2.45. The summed E-state index contributed by atoms with van der Waals surface area (Å²) in [4.78, 5) is 28.1. The molecule has 38 heavy (non-hydrogen) atoms. The van der Waals surface area contributed by atoms with Crippen molar-refractivity contribution in [3.8, 4) is 5.75 Å².